The molecular formula is C34H43FO5. The van der Waals surface area contributed by atoms with Crippen LogP contribution in [0.2, 0.25) is 0 Å². The Kier molecular flexibility index (Phi) is 13.5. The van der Waals surface area contributed by atoms with Gasteiger partial charge in [0.25, 0.3) is 0 Å². The van der Waals surface area contributed by atoms with E-state index in [0.29, 0.717) is 29.2 Å². The number of carbonyl (C=O) groups excluding carboxylic acids is 1. The van der Waals surface area contributed by atoms with Crippen molar-refractivity contribution in [3.05, 3.63) is 78.1 Å². The van der Waals surface area contributed by atoms with Gasteiger partial charge in [0.15, 0.2) is 5.75 Å². The Morgan fingerprint density at radius 2 is 1.38 bits per heavy atom. The summed E-state index contributed by atoms with van der Waals surface area (Å²) in [6.07, 6.45) is 11.6. The minimum Gasteiger partial charge on any atom is -0.494 e. The Labute approximate surface area is 238 Å². The number of carbonyl (C=O) groups is 1. The van der Waals surface area contributed by atoms with Crippen molar-refractivity contribution in [3.8, 4) is 28.4 Å². The van der Waals surface area contributed by atoms with Gasteiger partial charge in [0.2, 0.25) is 0 Å². The lowest BCUT2D eigenvalue weighted by Gasteiger charge is -2.12. The van der Waals surface area contributed by atoms with E-state index in [4.69, 9.17) is 19.2 Å². The maximum absolute atomic E-state index is 14.9. The minimum absolute atomic E-state index is 0.00264. The largest absolute Gasteiger partial charge is 0.494 e. The van der Waals surface area contributed by atoms with Gasteiger partial charge in [-0.2, -0.15) is 4.89 Å². The second-order valence-corrected chi connectivity index (χ2v) is 10.2. The Hall–Kier alpha value is -3.38. The van der Waals surface area contributed by atoms with E-state index in [1.165, 1.54) is 44.6 Å². The standard InChI is InChI=1S/C34H43FO5/c1-4-6-8-9-10-12-24-37-29-19-21-30(22-20-29)38-34(36)28-16-23-32(33(35)25-28)27-14-17-31(18-15-27)40-39-26(3)13-11-7-5-2/h14-23,25-26H,4-13,24H2,1-3H3. The monoisotopic (exact) mass is 550 g/mol. The third kappa shape index (κ3) is 10.6. The molecule has 0 saturated carbocycles. The fraction of sp³-hybridized carbons (Fsp3) is 0.441. The second-order valence-electron chi connectivity index (χ2n) is 10.2. The molecule has 40 heavy (non-hydrogen) atoms. The van der Waals surface area contributed by atoms with Crippen LogP contribution >= 0.6 is 0 Å². The molecule has 216 valence electrons. The van der Waals surface area contributed by atoms with Gasteiger partial charge in [-0.15, -0.1) is 0 Å². The van der Waals surface area contributed by atoms with Crippen molar-refractivity contribution >= 4 is 5.97 Å². The summed E-state index contributed by atoms with van der Waals surface area (Å²) >= 11 is 0. The lowest BCUT2D eigenvalue weighted by atomic mass is 10.0. The van der Waals surface area contributed by atoms with Gasteiger partial charge in [0.05, 0.1) is 12.2 Å². The van der Waals surface area contributed by atoms with Crippen LogP contribution < -0.4 is 14.4 Å². The maximum atomic E-state index is 14.9. The van der Waals surface area contributed by atoms with Gasteiger partial charge in [-0.1, -0.05) is 83.4 Å². The predicted octanol–water partition coefficient (Wildman–Crippen LogP) is 9.73. The summed E-state index contributed by atoms with van der Waals surface area (Å²) in [5, 5.41) is 0. The van der Waals surface area contributed by atoms with E-state index in [2.05, 4.69) is 13.8 Å². The number of hydrogen-bond acceptors (Lipinski definition) is 5. The van der Waals surface area contributed by atoms with Crippen molar-refractivity contribution in [3.63, 3.8) is 0 Å². The molecule has 0 spiro atoms. The summed E-state index contributed by atoms with van der Waals surface area (Å²) < 4.78 is 26.2. The molecule has 0 aliphatic heterocycles. The number of esters is 1. The van der Waals surface area contributed by atoms with Gasteiger partial charge in [-0.05, 0) is 73.9 Å². The molecule has 0 aliphatic rings. The van der Waals surface area contributed by atoms with E-state index < -0.39 is 11.8 Å². The van der Waals surface area contributed by atoms with Gasteiger partial charge < -0.3 is 14.4 Å². The molecule has 6 heteroatoms. The van der Waals surface area contributed by atoms with E-state index in [1.54, 1.807) is 60.7 Å². The highest BCUT2D eigenvalue weighted by Gasteiger charge is 2.14. The van der Waals surface area contributed by atoms with Crippen molar-refractivity contribution in [1.29, 1.82) is 0 Å². The number of halogens is 1. The molecule has 1 unspecified atom stereocenters. The molecule has 1 atom stereocenters. The molecule has 0 N–H and O–H groups in total. The molecule has 0 saturated heterocycles. The fourth-order valence-electron chi connectivity index (χ4n) is 4.28. The Morgan fingerprint density at radius 3 is 2.08 bits per heavy atom. The highest BCUT2D eigenvalue weighted by Crippen LogP contribution is 2.27. The maximum Gasteiger partial charge on any atom is 0.343 e. The highest BCUT2D eigenvalue weighted by atomic mass is 19.1. The number of rotatable bonds is 18. The zero-order valence-corrected chi connectivity index (χ0v) is 24.1. The minimum atomic E-state index is -0.625. The van der Waals surface area contributed by atoms with Crippen molar-refractivity contribution in [2.24, 2.45) is 0 Å². The predicted molar refractivity (Wildman–Crippen MR) is 157 cm³/mol. The molecule has 3 aromatic rings. The van der Waals surface area contributed by atoms with Crippen LogP contribution in [0.4, 0.5) is 4.39 Å². The Bertz CT molecular complexity index is 1140. The first-order valence-electron chi connectivity index (χ1n) is 14.7. The van der Waals surface area contributed by atoms with E-state index in [9.17, 15) is 9.18 Å². The van der Waals surface area contributed by atoms with E-state index >= 15 is 0 Å². The SMILES string of the molecule is CCCCCCCCOc1ccc(OC(=O)c2ccc(-c3ccc(OOC(C)CCCCC)cc3)c(F)c2)cc1. The van der Waals surface area contributed by atoms with Gasteiger partial charge in [-0.25, -0.2) is 9.18 Å². The zero-order valence-electron chi connectivity index (χ0n) is 24.1. The smallest absolute Gasteiger partial charge is 0.343 e. The molecular weight excluding hydrogens is 507 g/mol. The molecule has 0 aliphatic carbocycles. The molecule has 0 fully saturated rings. The van der Waals surface area contributed by atoms with Crippen LogP contribution in [-0.4, -0.2) is 18.7 Å². The number of benzene rings is 3. The third-order valence-corrected chi connectivity index (χ3v) is 6.69. The summed E-state index contributed by atoms with van der Waals surface area (Å²) in [5.74, 6) is 0.514. The van der Waals surface area contributed by atoms with Gasteiger partial charge in [-0.3, -0.25) is 0 Å². The number of hydrogen-bond donors (Lipinski definition) is 0. The van der Waals surface area contributed by atoms with Crippen molar-refractivity contribution in [1.82, 2.24) is 0 Å². The van der Waals surface area contributed by atoms with E-state index in [0.717, 1.165) is 31.4 Å². The van der Waals surface area contributed by atoms with E-state index in [1.807, 2.05) is 6.92 Å². The van der Waals surface area contributed by atoms with Crippen LogP contribution in [0.5, 0.6) is 17.2 Å². The topological polar surface area (TPSA) is 54.0 Å². The number of ether oxygens (including phenoxy) is 2. The summed E-state index contributed by atoms with van der Waals surface area (Å²) in [6.45, 7) is 7.02. The summed E-state index contributed by atoms with van der Waals surface area (Å²) in [7, 11) is 0. The lowest BCUT2D eigenvalue weighted by Crippen LogP contribution is -2.11. The Morgan fingerprint density at radius 1 is 0.750 bits per heavy atom. The van der Waals surface area contributed by atoms with Gasteiger partial charge in [0.1, 0.15) is 23.4 Å². The lowest BCUT2D eigenvalue weighted by molar-refractivity contribution is -0.241. The molecule has 0 amide bonds. The summed E-state index contributed by atoms with van der Waals surface area (Å²) in [4.78, 5) is 23.5. The third-order valence-electron chi connectivity index (χ3n) is 6.69. The Balaban J connectivity index is 1.47. The molecule has 0 bridgehead atoms. The average molecular weight is 551 g/mol. The van der Waals surface area contributed by atoms with Crippen LogP contribution in [-0.2, 0) is 4.89 Å². The first kappa shape index (κ1) is 31.2. The highest BCUT2D eigenvalue weighted by molar-refractivity contribution is 5.91. The molecule has 0 aromatic heterocycles. The van der Waals surface area contributed by atoms with Crippen LogP contribution in [0.3, 0.4) is 0 Å². The number of unbranched alkanes of at least 4 members (excludes halogenated alkanes) is 7. The van der Waals surface area contributed by atoms with Crippen LogP contribution in [0.25, 0.3) is 11.1 Å². The van der Waals surface area contributed by atoms with Gasteiger partial charge >= 0.3 is 5.97 Å². The van der Waals surface area contributed by atoms with Crippen molar-refractivity contribution < 1.29 is 28.4 Å². The van der Waals surface area contributed by atoms with Crippen molar-refractivity contribution in [2.75, 3.05) is 6.61 Å². The first-order chi connectivity index (χ1) is 19.5. The van der Waals surface area contributed by atoms with Crippen molar-refractivity contribution in [2.45, 2.75) is 91.1 Å². The zero-order chi connectivity index (χ0) is 28.6. The van der Waals surface area contributed by atoms with Crippen LogP contribution in [0.1, 0.15) is 95.3 Å². The molecule has 5 nitrogen and oxygen atoms in total. The van der Waals surface area contributed by atoms with Crippen LogP contribution in [0, 0.1) is 5.82 Å². The fourth-order valence-corrected chi connectivity index (χ4v) is 4.28. The second kappa shape index (κ2) is 17.3. The average Bonchev–Trinajstić information content (AvgIpc) is 2.97. The van der Waals surface area contributed by atoms with Crippen LogP contribution in [0.15, 0.2) is 66.7 Å². The molecule has 3 aromatic carbocycles. The molecule has 0 radical (unpaired) electrons. The molecule has 0 heterocycles. The quantitative estimate of drug-likeness (QED) is 0.0519. The van der Waals surface area contributed by atoms with E-state index in [-0.39, 0.29) is 11.7 Å². The summed E-state index contributed by atoms with van der Waals surface area (Å²) in [5.41, 5.74) is 1.18. The molecule has 3 rings (SSSR count). The normalized spacial score (nSPS) is 11.7. The van der Waals surface area contributed by atoms with Gasteiger partial charge in [0, 0.05) is 5.56 Å². The summed E-state index contributed by atoms with van der Waals surface area (Å²) in [6, 6.07) is 18.2. The first-order valence-corrected chi connectivity index (χ1v) is 14.7.